The molecule has 6 rings (SSSR count). The van der Waals surface area contributed by atoms with E-state index in [1.54, 1.807) is 11.3 Å². The number of fused-ring (bicyclic) bond motifs is 1. The van der Waals surface area contributed by atoms with Crippen molar-refractivity contribution >= 4 is 11.3 Å². The lowest BCUT2D eigenvalue weighted by Crippen LogP contribution is -2.52. The topological polar surface area (TPSA) is 74.9 Å². The van der Waals surface area contributed by atoms with Crippen molar-refractivity contribution in [2.24, 2.45) is 11.1 Å². The fourth-order valence-corrected chi connectivity index (χ4v) is 8.33. The molecular weight excluding hydrogens is 516 g/mol. The second kappa shape index (κ2) is 11.9. The van der Waals surface area contributed by atoms with E-state index in [9.17, 15) is 5.11 Å². The van der Waals surface area contributed by atoms with Crippen LogP contribution in [0, 0.1) is 19.3 Å². The summed E-state index contributed by atoms with van der Waals surface area (Å²) in [5, 5.41) is 10.4. The zero-order valence-electron chi connectivity index (χ0n) is 24.1. The van der Waals surface area contributed by atoms with E-state index in [1.165, 1.54) is 77.2 Å². The Bertz CT molecular complexity index is 1320. The van der Waals surface area contributed by atoms with Gasteiger partial charge >= 0.3 is 0 Å². The van der Waals surface area contributed by atoms with Crippen molar-refractivity contribution in [3.05, 3.63) is 58.1 Å². The summed E-state index contributed by atoms with van der Waals surface area (Å²) in [6, 6.07) is 13.5. The molecule has 3 aliphatic rings. The lowest BCUT2D eigenvalue weighted by Gasteiger charge is -2.51. The minimum absolute atomic E-state index is 0.208. The van der Waals surface area contributed by atoms with E-state index in [0.29, 0.717) is 11.5 Å². The van der Waals surface area contributed by atoms with E-state index >= 15 is 0 Å². The Morgan fingerprint density at radius 3 is 2.45 bits per heavy atom. The minimum atomic E-state index is 0.208. The molecule has 3 heterocycles. The van der Waals surface area contributed by atoms with Crippen LogP contribution in [0.4, 0.5) is 0 Å². The van der Waals surface area contributed by atoms with E-state index < -0.39 is 0 Å². The van der Waals surface area contributed by atoms with Gasteiger partial charge < -0.3 is 20.5 Å². The zero-order chi connectivity index (χ0) is 27.7. The highest BCUT2D eigenvalue weighted by Crippen LogP contribution is 2.48. The van der Waals surface area contributed by atoms with Gasteiger partial charge in [0.2, 0.25) is 0 Å². The summed E-state index contributed by atoms with van der Waals surface area (Å²) in [7, 11) is 0. The predicted molar refractivity (Wildman–Crippen MR) is 164 cm³/mol. The van der Waals surface area contributed by atoms with Gasteiger partial charge in [-0.15, -0.1) is 11.3 Å². The Hall–Kier alpha value is -2.29. The van der Waals surface area contributed by atoms with E-state index in [0.717, 1.165) is 56.4 Å². The molecule has 6 nitrogen and oxygen atoms in total. The van der Waals surface area contributed by atoms with E-state index in [-0.39, 0.29) is 6.61 Å². The van der Waals surface area contributed by atoms with Crippen LogP contribution in [-0.4, -0.2) is 71.9 Å². The Morgan fingerprint density at radius 2 is 1.70 bits per heavy atom. The average molecular weight is 561 g/mol. The number of likely N-dealkylation sites (tertiary alicyclic amines) is 1. The van der Waals surface area contributed by atoms with Crippen LogP contribution in [0.25, 0.3) is 21.7 Å². The first-order valence-corrected chi connectivity index (χ1v) is 15.9. The highest BCUT2D eigenvalue weighted by Gasteiger charge is 2.43. The zero-order valence-corrected chi connectivity index (χ0v) is 24.9. The van der Waals surface area contributed by atoms with Gasteiger partial charge in [-0.3, -0.25) is 4.90 Å². The molecule has 0 radical (unpaired) electrons. The number of benzene rings is 2. The fourth-order valence-electron chi connectivity index (χ4n) is 7.10. The van der Waals surface area contributed by atoms with Crippen LogP contribution >= 0.6 is 11.3 Å². The number of piperidine rings is 1. The molecule has 2 aliphatic heterocycles. The third kappa shape index (κ3) is 5.72. The summed E-state index contributed by atoms with van der Waals surface area (Å²) in [6.45, 7) is 11.5. The lowest BCUT2D eigenvalue weighted by atomic mass is 9.61. The second-order valence-corrected chi connectivity index (χ2v) is 13.3. The summed E-state index contributed by atoms with van der Waals surface area (Å²) >= 11 is 1.80. The maximum absolute atomic E-state index is 9.35. The van der Waals surface area contributed by atoms with Crippen molar-refractivity contribution in [2.75, 3.05) is 45.9 Å². The van der Waals surface area contributed by atoms with E-state index in [4.69, 9.17) is 15.5 Å². The molecule has 7 heteroatoms. The molecule has 2 fully saturated rings. The number of nitrogens with zero attached hydrogens (tertiary/aromatic N) is 3. The largest absolute Gasteiger partial charge is 0.493 e. The first-order valence-electron chi connectivity index (χ1n) is 15.1. The van der Waals surface area contributed by atoms with Crippen LogP contribution in [0.1, 0.15) is 53.8 Å². The van der Waals surface area contributed by atoms with Gasteiger partial charge in [0.1, 0.15) is 10.8 Å². The Morgan fingerprint density at radius 1 is 0.975 bits per heavy atom. The maximum Gasteiger partial charge on any atom is 0.124 e. The van der Waals surface area contributed by atoms with Crippen LogP contribution in [0.5, 0.6) is 5.75 Å². The number of aliphatic hydroxyl groups is 1. The first-order chi connectivity index (χ1) is 19.4. The molecule has 1 spiro atoms. The monoisotopic (exact) mass is 560 g/mol. The average Bonchev–Trinajstić information content (AvgIpc) is 3.36. The van der Waals surface area contributed by atoms with E-state index in [1.807, 2.05) is 0 Å². The molecule has 1 saturated carbocycles. The lowest BCUT2D eigenvalue weighted by molar-refractivity contribution is 0.0168. The molecule has 3 N–H and O–H groups in total. The second-order valence-electron chi connectivity index (χ2n) is 12.3. The van der Waals surface area contributed by atoms with Crippen LogP contribution in [0.3, 0.4) is 0 Å². The number of rotatable bonds is 9. The maximum atomic E-state index is 9.35. The quantitative estimate of drug-likeness (QED) is 0.341. The number of hydrogen-bond donors (Lipinski definition) is 2. The SMILES string of the molecule is Cc1c(OCCCN2CCC3(CC2)CC(N)C3)cccc1-c1cccc(-c2nc3c(s2)CN(CCO)CC3)c1C. The standard InChI is InChI=1S/C33H44N4O2S/c1-23-26(6-3-8-28(23)32-35-29-10-14-37(17-18-38)22-31(29)40-32)27-7-4-9-30(24(27)2)39-19-5-13-36-15-11-33(12-16-36)20-25(34)21-33/h3-4,6-9,25,38H,5,10-22,34H2,1-2H3. The third-order valence-electron chi connectivity index (χ3n) is 9.55. The molecule has 0 amide bonds. The van der Waals surface area contributed by atoms with Gasteiger partial charge in [0, 0.05) is 49.1 Å². The predicted octanol–water partition coefficient (Wildman–Crippen LogP) is 5.42. The summed E-state index contributed by atoms with van der Waals surface area (Å²) in [6.07, 6.45) is 7.10. The van der Waals surface area contributed by atoms with Gasteiger partial charge in [-0.05, 0) is 92.8 Å². The van der Waals surface area contributed by atoms with Gasteiger partial charge in [-0.25, -0.2) is 4.98 Å². The number of nitrogens with two attached hydrogens (primary N) is 1. The number of β-amino-alcohol motifs (C(OH)–C–C–N with tert-alkyl or cyclic N) is 1. The minimum Gasteiger partial charge on any atom is -0.493 e. The molecule has 0 unspecified atom stereocenters. The van der Waals surface area contributed by atoms with Crippen molar-refractivity contribution in [1.82, 2.24) is 14.8 Å². The third-order valence-corrected chi connectivity index (χ3v) is 10.7. The number of thiazole rings is 1. The van der Waals surface area contributed by atoms with Gasteiger partial charge in [-0.1, -0.05) is 30.3 Å². The molecule has 214 valence electrons. The van der Waals surface area contributed by atoms with Crippen molar-refractivity contribution in [3.63, 3.8) is 0 Å². The van der Waals surface area contributed by atoms with Crippen molar-refractivity contribution in [2.45, 2.75) is 65.0 Å². The van der Waals surface area contributed by atoms with Gasteiger partial charge in [0.25, 0.3) is 0 Å². The summed E-state index contributed by atoms with van der Waals surface area (Å²) in [5.41, 5.74) is 14.0. The van der Waals surface area contributed by atoms with Crippen LogP contribution in [0.15, 0.2) is 36.4 Å². The van der Waals surface area contributed by atoms with Gasteiger partial charge in [-0.2, -0.15) is 0 Å². The fraction of sp³-hybridized carbons (Fsp3) is 0.545. The normalized spacial score (nSPS) is 19.5. The van der Waals surface area contributed by atoms with E-state index in [2.05, 4.69) is 60.0 Å². The Labute approximate surface area is 243 Å². The molecule has 2 aromatic carbocycles. The van der Waals surface area contributed by atoms with Crippen molar-refractivity contribution in [3.8, 4) is 27.4 Å². The number of aliphatic hydroxyl groups excluding tert-OH is 1. The first kappa shape index (κ1) is 27.9. The van der Waals surface area contributed by atoms with Crippen LogP contribution in [0.2, 0.25) is 0 Å². The van der Waals surface area contributed by atoms with Crippen molar-refractivity contribution in [1.29, 1.82) is 0 Å². The van der Waals surface area contributed by atoms with Gasteiger partial charge in [0.15, 0.2) is 0 Å². The summed E-state index contributed by atoms with van der Waals surface area (Å²) in [5.74, 6) is 0.983. The summed E-state index contributed by atoms with van der Waals surface area (Å²) in [4.78, 5) is 11.3. The highest BCUT2D eigenvalue weighted by molar-refractivity contribution is 7.15. The molecule has 1 aliphatic carbocycles. The molecule has 3 aromatic rings. The van der Waals surface area contributed by atoms with Crippen LogP contribution < -0.4 is 10.5 Å². The number of ether oxygens (including phenoxy) is 1. The number of aromatic nitrogens is 1. The smallest absolute Gasteiger partial charge is 0.124 e. The summed E-state index contributed by atoms with van der Waals surface area (Å²) < 4.78 is 6.34. The molecule has 0 atom stereocenters. The molecular formula is C33H44N4O2S. The molecule has 40 heavy (non-hydrogen) atoms. The van der Waals surface area contributed by atoms with Crippen LogP contribution in [-0.2, 0) is 13.0 Å². The van der Waals surface area contributed by atoms with Crippen molar-refractivity contribution < 1.29 is 9.84 Å². The Balaban J connectivity index is 1.10. The van der Waals surface area contributed by atoms with Gasteiger partial charge in [0.05, 0.1) is 18.9 Å². The molecule has 0 bridgehead atoms. The highest BCUT2D eigenvalue weighted by atomic mass is 32.1. The number of hydrogen-bond acceptors (Lipinski definition) is 7. The molecule has 1 saturated heterocycles. The Kier molecular flexibility index (Phi) is 8.29. The molecule has 1 aromatic heterocycles.